The van der Waals surface area contributed by atoms with Gasteiger partial charge in [-0.3, -0.25) is 4.79 Å². The third kappa shape index (κ3) is 16.2. The maximum absolute atomic E-state index is 12.8. The molecule has 0 spiro atoms. The van der Waals surface area contributed by atoms with E-state index in [1.54, 1.807) is 47.6 Å². The molecule has 0 aromatic heterocycles. The van der Waals surface area contributed by atoms with Gasteiger partial charge >= 0.3 is 24.1 Å². The van der Waals surface area contributed by atoms with Crippen molar-refractivity contribution < 1.29 is 38.1 Å². The number of ether oxygens (including phenoxy) is 4. The van der Waals surface area contributed by atoms with Crippen LogP contribution in [0.15, 0.2) is 12.2 Å². The van der Waals surface area contributed by atoms with Crippen LogP contribution in [0.4, 0.5) is 9.59 Å². The fourth-order valence-electron chi connectivity index (χ4n) is 3.01. The molecular weight excluding hydrogens is 466 g/mol. The molecule has 0 aliphatic carbocycles. The van der Waals surface area contributed by atoms with Gasteiger partial charge in [-0.05, 0) is 88.0 Å². The number of rotatable bonds is 11. The SMILES string of the molecule is COC(=O)C(CC=CCCCCCCC(=O)OC(C)(C)C)N(C(=O)OC(C)(C)C)C(=O)OC(C)(C)C. The molecule has 2 amide bonds. The monoisotopic (exact) mass is 513 g/mol. The Hall–Kier alpha value is -2.58. The van der Waals surface area contributed by atoms with Crippen LogP contribution < -0.4 is 0 Å². The maximum Gasteiger partial charge on any atom is 0.420 e. The van der Waals surface area contributed by atoms with Crippen LogP contribution in [0.2, 0.25) is 0 Å². The van der Waals surface area contributed by atoms with Crippen LogP contribution in [0.5, 0.6) is 0 Å². The van der Waals surface area contributed by atoms with Crippen LogP contribution in [-0.2, 0) is 28.5 Å². The van der Waals surface area contributed by atoms with Crippen LogP contribution in [-0.4, -0.2) is 59.0 Å². The molecule has 9 nitrogen and oxygen atoms in total. The van der Waals surface area contributed by atoms with Gasteiger partial charge in [-0.1, -0.05) is 25.0 Å². The molecule has 1 unspecified atom stereocenters. The standard InChI is InChI=1S/C27H47NO8/c1-25(2,3)34-21(29)19-17-15-13-11-12-14-16-18-20(22(30)33-10)28(23(31)35-26(4,5)6)24(32)36-27(7,8)9/h14,16,20H,11-13,15,17-19H2,1-10H3. The molecule has 0 aromatic rings. The molecule has 0 saturated heterocycles. The molecule has 0 fully saturated rings. The summed E-state index contributed by atoms with van der Waals surface area (Å²) in [6.07, 6.45) is 6.40. The number of carbonyl (C=O) groups is 4. The van der Waals surface area contributed by atoms with Gasteiger partial charge in [0.2, 0.25) is 0 Å². The number of methoxy groups -OCH3 is 1. The molecular formula is C27H47NO8. The highest BCUT2D eigenvalue weighted by Crippen LogP contribution is 2.20. The van der Waals surface area contributed by atoms with E-state index in [-0.39, 0.29) is 12.4 Å². The zero-order valence-electron chi connectivity index (χ0n) is 23.9. The first kappa shape index (κ1) is 33.4. The zero-order valence-corrected chi connectivity index (χ0v) is 23.9. The highest BCUT2D eigenvalue weighted by molar-refractivity contribution is 5.94. The van der Waals surface area contributed by atoms with Gasteiger partial charge in [-0.2, -0.15) is 4.90 Å². The summed E-state index contributed by atoms with van der Waals surface area (Å²) in [6, 6.07) is -1.23. The van der Waals surface area contributed by atoms with E-state index in [2.05, 4.69) is 0 Å². The number of nitrogens with zero attached hydrogens (tertiary/aromatic N) is 1. The summed E-state index contributed by atoms with van der Waals surface area (Å²) in [4.78, 5) is 50.6. The first-order valence-corrected chi connectivity index (χ1v) is 12.6. The second-order valence-corrected chi connectivity index (χ2v) is 11.6. The first-order chi connectivity index (χ1) is 16.4. The quantitative estimate of drug-likeness (QED) is 0.136. The summed E-state index contributed by atoms with van der Waals surface area (Å²) in [5, 5.41) is 0. The molecule has 0 aliphatic heterocycles. The van der Waals surface area contributed by atoms with Crippen molar-refractivity contribution in [3.05, 3.63) is 12.2 Å². The number of allylic oxidation sites excluding steroid dienone is 1. The minimum Gasteiger partial charge on any atom is -0.467 e. The van der Waals surface area contributed by atoms with E-state index in [4.69, 9.17) is 18.9 Å². The lowest BCUT2D eigenvalue weighted by molar-refractivity contribution is -0.155. The molecule has 36 heavy (non-hydrogen) atoms. The maximum atomic E-state index is 12.8. The number of carbonyl (C=O) groups excluding carboxylic acids is 4. The Kier molecular flexibility index (Phi) is 13.8. The molecule has 0 aromatic carbocycles. The number of hydrogen-bond acceptors (Lipinski definition) is 8. The fraction of sp³-hybridized carbons (Fsp3) is 0.778. The van der Waals surface area contributed by atoms with Crippen molar-refractivity contribution in [1.82, 2.24) is 4.90 Å². The molecule has 0 radical (unpaired) electrons. The number of unbranched alkanes of at least 4 members (excludes halogenated alkanes) is 4. The summed E-state index contributed by atoms with van der Waals surface area (Å²) in [5.74, 6) is -0.936. The predicted octanol–water partition coefficient (Wildman–Crippen LogP) is 6.33. The Balaban J connectivity index is 5.01. The van der Waals surface area contributed by atoms with Gasteiger partial charge in [-0.25, -0.2) is 14.4 Å². The third-order valence-electron chi connectivity index (χ3n) is 4.41. The number of amides is 2. The lowest BCUT2D eigenvalue weighted by atomic mass is 10.1. The minimum absolute atomic E-state index is 0.0593. The van der Waals surface area contributed by atoms with Gasteiger partial charge in [0.15, 0.2) is 0 Å². The Morgan fingerprint density at radius 2 is 1.17 bits per heavy atom. The predicted molar refractivity (Wildman–Crippen MR) is 137 cm³/mol. The number of imide groups is 1. The Labute approximate surface area is 216 Å². The highest BCUT2D eigenvalue weighted by atomic mass is 16.6. The van der Waals surface area contributed by atoms with Crippen molar-refractivity contribution in [1.29, 1.82) is 0 Å². The van der Waals surface area contributed by atoms with Crippen LogP contribution in [0, 0.1) is 0 Å². The summed E-state index contributed by atoms with van der Waals surface area (Å²) in [6.45, 7) is 15.5. The molecule has 0 rings (SSSR count). The van der Waals surface area contributed by atoms with Crippen molar-refractivity contribution in [3.63, 3.8) is 0 Å². The molecule has 0 N–H and O–H groups in total. The van der Waals surface area contributed by atoms with Gasteiger partial charge in [0.25, 0.3) is 0 Å². The van der Waals surface area contributed by atoms with E-state index >= 15 is 0 Å². The lowest BCUT2D eigenvalue weighted by Gasteiger charge is -2.31. The van der Waals surface area contributed by atoms with E-state index in [0.717, 1.165) is 32.1 Å². The smallest absolute Gasteiger partial charge is 0.420 e. The summed E-state index contributed by atoms with van der Waals surface area (Å²) in [5.41, 5.74) is -2.22. The minimum atomic E-state index is -1.23. The van der Waals surface area contributed by atoms with Crippen molar-refractivity contribution in [2.24, 2.45) is 0 Å². The molecule has 1 atom stereocenters. The Morgan fingerprint density at radius 1 is 0.694 bits per heavy atom. The molecule has 9 heteroatoms. The van der Waals surface area contributed by atoms with Crippen LogP contribution in [0.1, 0.15) is 107 Å². The van der Waals surface area contributed by atoms with Gasteiger partial charge in [0.05, 0.1) is 7.11 Å². The fourth-order valence-corrected chi connectivity index (χ4v) is 3.01. The van der Waals surface area contributed by atoms with Crippen LogP contribution in [0.25, 0.3) is 0 Å². The molecule has 0 saturated carbocycles. The average molecular weight is 514 g/mol. The van der Waals surface area contributed by atoms with Crippen LogP contribution in [0.3, 0.4) is 0 Å². The molecule has 0 aliphatic rings. The van der Waals surface area contributed by atoms with E-state index in [9.17, 15) is 19.2 Å². The molecule has 208 valence electrons. The first-order valence-electron chi connectivity index (χ1n) is 12.6. The second kappa shape index (κ2) is 14.9. The largest absolute Gasteiger partial charge is 0.467 e. The number of hydrogen-bond donors (Lipinski definition) is 0. The Morgan fingerprint density at radius 3 is 1.61 bits per heavy atom. The van der Waals surface area contributed by atoms with Crippen molar-refractivity contribution in [3.8, 4) is 0 Å². The van der Waals surface area contributed by atoms with Gasteiger partial charge in [0, 0.05) is 6.42 Å². The molecule has 0 bridgehead atoms. The topological polar surface area (TPSA) is 108 Å². The third-order valence-corrected chi connectivity index (χ3v) is 4.41. The van der Waals surface area contributed by atoms with Gasteiger partial charge in [0.1, 0.15) is 22.8 Å². The number of esters is 2. The normalized spacial score (nSPS) is 13.2. The van der Waals surface area contributed by atoms with Crippen molar-refractivity contribution >= 4 is 24.1 Å². The lowest BCUT2D eigenvalue weighted by Crippen LogP contribution is -2.52. The average Bonchev–Trinajstić information content (AvgIpc) is 2.66. The molecule has 0 heterocycles. The summed E-state index contributed by atoms with van der Waals surface area (Å²) >= 11 is 0. The van der Waals surface area contributed by atoms with E-state index in [1.165, 1.54) is 7.11 Å². The van der Waals surface area contributed by atoms with E-state index < -0.39 is 41.0 Å². The van der Waals surface area contributed by atoms with Crippen molar-refractivity contribution in [2.75, 3.05) is 7.11 Å². The van der Waals surface area contributed by atoms with Gasteiger partial charge in [-0.15, -0.1) is 0 Å². The second-order valence-electron chi connectivity index (χ2n) is 11.6. The summed E-state index contributed by atoms with van der Waals surface area (Å²) < 4.78 is 20.9. The summed E-state index contributed by atoms with van der Waals surface area (Å²) in [7, 11) is 1.19. The van der Waals surface area contributed by atoms with Crippen molar-refractivity contribution in [2.45, 2.75) is 130 Å². The highest BCUT2D eigenvalue weighted by Gasteiger charge is 2.40. The van der Waals surface area contributed by atoms with E-state index in [0.29, 0.717) is 11.3 Å². The zero-order chi connectivity index (χ0) is 28.2. The van der Waals surface area contributed by atoms with E-state index in [1.807, 2.05) is 26.8 Å². The Bertz CT molecular complexity index is 725. The van der Waals surface area contributed by atoms with Gasteiger partial charge < -0.3 is 18.9 Å². The van der Waals surface area contributed by atoms with Crippen LogP contribution >= 0.6 is 0 Å².